The Hall–Kier alpha value is -1.99. The third kappa shape index (κ3) is 5.44. The standard InChI is InChI=1S/C21H31F2N5O3/c1-19(22,23)12-16(17(29)26-20(13-24)4-5-20)25-18(30)28-10-11-31-21(14-28)6-8-27(9-7-21)15-2-3-15/h15-16H,2-12,14H2,1H3,(H,25,30)(H,26,29). The fourth-order valence-electron chi connectivity index (χ4n) is 4.58. The van der Waals surface area contributed by atoms with E-state index in [1.807, 2.05) is 6.07 Å². The van der Waals surface area contributed by atoms with E-state index >= 15 is 0 Å². The number of piperidine rings is 1. The molecule has 1 spiro atoms. The summed E-state index contributed by atoms with van der Waals surface area (Å²) in [5.74, 6) is -3.88. The number of nitrogens with one attached hydrogen (secondary N) is 2. The highest BCUT2D eigenvalue weighted by Gasteiger charge is 2.47. The van der Waals surface area contributed by atoms with Crippen LogP contribution in [0.15, 0.2) is 0 Å². The number of carbonyl (C=O) groups is 2. The molecule has 0 aromatic rings. The molecule has 4 aliphatic rings. The zero-order valence-electron chi connectivity index (χ0n) is 18.0. The molecule has 2 aliphatic carbocycles. The van der Waals surface area contributed by atoms with E-state index in [1.165, 1.54) is 12.8 Å². The van der Waals surface area contributed by atoms with Crippen LogP contribution in [0.2, 0.25) is 0 Å². The number of rotatable bonds is 6. The topological polar surface area (TPSA) is 97.7 Å². The van der Waals surface area contributed by atoms with Crippen LogP contribution in [-0.2, 0) is 9.53 Å². The van der Waals surface area contributed by atoms with Gasteiger partial charge in [0.25, 0.3) is 0 Å². The number of hydrogen-bond donors (Lipinski definition) is 2. The number of nitriles is 1. The highest BCUT2D eigenvalue weighted by molar-refractivity contribution is 5.88. The van der Waals surface area contributed by atoms with Crippen molar-refractivity contribution in [2.75, 3.05) is 32.8 Å². The Labute approximate surface area is 181 Å². The highest BCUT2D eigenvalue weighted by atomic mass is 19.3. The minimum absolute atomic E-state index is 0.346. The van der Waals surface area contributed by atoms with Crippen LogP contribution in [0, 0.1) is 11.3 Å². The maximum absolute atomic E-state index is 13.7. The van der Waals surface area contributed by atoms with Gasteiger partial charge in [0.05, 0.1) is 24.8 Å². The van der Waals surface area contributed by atoms with Gasteiger partial charge in [0.1, 0.15) is 11.6 Å². The Morgan fingerprint density at radius 1 is 1.23 bits per heavy atom. The quantitative estimate of drug-likeness (QED) is 0.655. The molecule has 2 aliphatic heterocycles. The highest BCUT2D eigenvalue weighted by Crippen LogP contribution is 2.36. The van der Waals surface area contributed by atoms with Gasteiger partial charge in [0, 0.05) is 32.1 Å². The number of amides is 3. The van der Waals surface area contributed by atoms with Crippen molar-refractivity contribution in [2.45, 2.75) is 81.0 Å². The summed E-state index contributed by atoms with van der Waals surface area (Å²) in [4.78, 5) is 29.6. The summed E-state index contributed by atoms with van der Waals surface area (Å²) in [6, 6.07) is 0.751. The summed E-state index contributed by atoms with van der Waals surface area (Å²) in [7, 11) is 0. The number of likely N-dealkylation sites (tertiary alicyclic amines) is 1. The Morgan fingerprint density at radius 3 is 2.45 bits per heavy atom. The molecule has 4 rings (SSSR count). The summed E-state index contributed by atoms with van der Waals surface area (Å²) in [5, 5.41) is 14.2. The summed E-state index contributed by atoms with van der Waals surface area (Å²) >= 11 is 0. The molecule has 2 saturated carbocycles. The van der Waals surface area contributed by atoms with Crippen LogP contribution in [0.1, 0.15) is 51.9 Å². The second-order valence-electron chi connectivity index (χ2n) is 9.68. The molecule has 172 valence electrons. The molecule has 1 atom stereocenters. The van der Waals surface area contributed by atoms with Gasteiger partial charge in [-0.25, -0.2) is 13.6 Å². The van der Waals surface area contributed by atoms with Crippen LogP contribution in [0.5, 0.6) is 0 Å². The van der Waals surface area contributed by atoms with Gasteiger partial charge in [0.15, 0.2) is 0 Å². The van der Waals surface area contributed by atoms with E-state index in [2.05, 4.69) is 15.5 Å². The van der Waals surface area contributed by atoms with E-state index in [1.54, 1.807) is 4.90 Å². The molecule has 8 nitrogen and oxygen atoms in total. The molecule has 4 fully saturated rings. The summed E-state index contributed by atoms with van der Waals surface area (Å²) in [6.45, 7) is 3.70. The minimum atomic E-state index is -3.14. The number of halogens is 2. The lowest BCUT2D eigenvalue weighted by Crippen LogP contribution is -2.61. The van der Waals surface area contributed by atoms with Crippen molar-refractivity contribution in [1.29, 1.82) is 5.26 Å². The first-order chi connectivity index (χ1) is 14.6. The number of ether oxygens (including phenoxy) is 1. The number of morpholine rings is 1. The first-order valence-corrected chi connectivity index (χ1v) is 11.2. The zero-order valence-corrected chi connectivity index (χ0v) is 18.0. The van der Waals surface area contributed by atoms with Crippen LogP contribution in [-0.4, -0.2) is 83.7 Å². The molecule has 2 heterocycles. The lowest BCUT2D eigenvalue weighted by Gasteiger charge is -2.47. The van der Waals surface area contributed by atoms with E-state index in [0.717, 1.165) is 25.9 Å². The largest absolute Gasteiger partial charge is 0.371 e. The third-order valence-corrected chi connectivity index (χ3v) is 6.81. The van der Waals surface area contributed by atoms with E-state index in [4.69, 9.17) is 4.74 Å². The van der Waals surface area contributed by atoms with Crippen LogP contribution in [0.4, 0.5) is 13.6 Å². The van der Waals surface area contributed by atoms with Gasteiger partial charge in [-0.1, -0.05) is 0 Å². The van der Waals surface area contributed by atoms with Gasteiger partial charge in [-0.3, -0.25) is 4.79 Å². The first-order valence-electron chi connectivity index (χ1n) is 11.2. The molecule has 0 aromatic heterocycles. The van der Waals surface area contributed by atoms with Gasteiger partial charge in [0.2, 0.25) is 11.8 Å². The summed E-state index contributed by atoms with van der Waals surface area (Å²) < 4.78 is 33.5. The normalized spacial score (nSPS) is 26.1. The smallest absolute Gasteiger partial charge is 0.318 e. The van der Waals surface area contributed by atoms with Gasteiger partial charge in [-0.05, 0) is 45.4 Å². The maximum Gasteiger partial charge on any atom is 0.318 e. The number of nitrogens with zero attached hydrogens (tertiary/aromatic N) is 3. The fraction of sp³-hybridized carbons (Fsp3) is 0.857. The second kappa shape index (κ2) is 8.17. The van der Waals surface area contributed by atoms with Crippen molar-refractivity contribution in [1.82, 2.24) is 20.4 Å². The number of alkyl halides is 2. The molecule has 0 radical (unpaired) electrons. The molecule has 10 heteroatoms. The Bertz CT molecular complexity index is 749. The predicted octanol–water partition coefficient (Wildman–Crippen LogP) is 1.61. The first kappa shape index (κ1) is 22.2. The monoisotopic (exact) mass is 439 g/mol. The number of carbonyl (C=O) groups excluding carboxylic acids is 2. The number of urea groups is 1. The summed E-state index contributed by atoms with van der Waals surface area (Å²) in [6.07, 6.45) is 4.31. The molecule has 1 unspecified atom stereocenters. The lowest BCUT2D eigenvalue weighted by atomic mass is 9.89. The van der Waals surface area contributed by atoms with Crippen molar-refractivity contribution >= 4 is 11.9 Å². The molecule has 2 N–H and O–H groups in total. The maximum atomic E-state index is 13.7. The van der Waals surface area contributed by atoms with Gasteiger partial charge in [-0.2, -0.15) is 5.26 Å². The predicted molar refractivity (Wildman–Crippen MR) is 107 cm³/mol. The van der Waals surface area contributed by atoms with Crippen molar-refractivity contribution < 1.29 is 23.1 Å². The zero-order chi connectivity index (χ0) is 22.3. The Kier molecular flexibility index (Phi) is 5.85. The summed E-state index contributed by atoms with van der Waals surface area (Å²) in [5.41, 5.74) is -1.39. The van der Waals surface area contributed by atoms with Crippen LogP contribution in [0.25, 0.3) is 0 Å². The molecular formula is C21H31F2N5O3. The van der Waals surface area contributed by atoms with Gasteiger partial charge < -0.3 is 25.2 Å². The molecule has 3 amide bonds. The van der Waals surface area contributed by atoms with Crippen LogP contribution >= 0.6 is 0 Å². The van der Waals surface area contributed by atoms with Crippen molar-refractivity contribution in [3.05, 3.63) is 0 Å². The average molecular weight is 440 g/mol. The van der Waals surface area contributed by atoms with E-state index in [9.17, 15) is 23.6 Å². The minimum Gasteiger partial charge on any atom is -0.371 e. The van der Waals surface area contributed by atoms with E-state index in [0.29, 0.717) is 45.5 Å². The Balaban J connectivity index is 1.36. The molecular weight excluding hydrogens is 408 g/mol. The lowest BCUT2D eigenvalue weighted by molar-refractivity contribution is -0.129. The van der Waals surface area contributed by atoms with Crippen LogP contribution in [0.3, 0.4) is 0 Å². The van der Waals surface area contributed by atoms with E-state index in [-0.39, 0.29) is 0 Å². The number of hydrogen-bond acceptors (Lipinski definition) is 5. The van der Waals surface area contributed by atoms with Gasteiger partial charge in [-0.15, -0.1) is 0 Å². The molecule has 2 saturated heterocycles. The fourth-order valence-corrected chi connectivity index (χ4v) is 4.58. The third-order valence-electron chi connectivity index (χ3n) is 6.81. The molecule has 0 bridgehead atoms. The SMILES string of the molecule is CC(F)(F)CC(NC(=O)N1CCOC2(CCN(C3CC3)CC2)C1)C(=O)NC1(C#N)CC1. The van der Waals surface area contributed by atoms with Crippen molar-refractivity contribution in [3.8, 4) is 6.07 Å². The van der Waals surface area contributed by atoms with Crippen LogP contribution < -0.4 is 10.6 Å². The van der Waals surface area contributed by atoms with Gasteiger partial charge >= 0.3 is 6.03 Å². The molecule has 31 heavy (non-hydrogen) atoms. The second-order valence-corrected chi connectivity index (χ2v) is 9.68. The average Bonchev–Trinajstić information content (AvgIpc) is 3.63. The Morgan fingerprint density at radius 2 is 1.90 bits per heavy atom. The van der Waals surface area contributed by atoms with Crippen molar-refractivity contribution in [2.24, 2.45) is 0 Å². The molecule has 0 aromatic carbocycles. The van der Waals surface area contributed by atoms with E-state index < -0.39 is 41.5 Å². The van der Waals surface area contributed by atoms with Crippen molar-refractivity contribution in [3.63, 3.8) is 0 Å².